The lowest BCUT2D eigenvalue weighted by Crippen LogP contribution is -2.33. The minimum absolute atomic E-state index is 0.236. The zero-order valence-corrected chi connectivity index (χ0v) is 17.5. The molecule has 1 unspecified atom stereocenters. The topological polar surface area (TPSA) is 55.8 Å². The van der Waals surface area contributed by atoms with Crippen molar-refractivity contribution in [1.29, 1.82) is 0 Å². The number of benzene rings is 2. The van der Waals surface area contributed by atoms with Gasteiger partial charge in [-0.05, 0) is 36.6 Å². The smallest absolute Gasteiger partial charge is 0.243 e. The van der Waals surface area contributed by atoms with E-state index in [9.17, 15) is 8.42 Å². The van der Waals surface area contributed by atoms with E-state index in [0.717, 1.165) is 12.2 Å². The van der Waals surface area contributed by atoms with Crippen molar-refractivity contribution in [3.63, 3.8) is 0 Å². The highest BCUT2D eigenvalue weighted by Crippen LogP contribution is 2.37. The average molecular weight is 408 g/mol. The Morgan fingerprint density at radius 2 is 1.78 bits per heavy atom. The van der Waals surface area contributed by atoms with Crippen molar-refractivity contribution in [2.45, 2.75) is 23.5 Å². The summed E-state index contributed by atoms with van der Waals surface area (Å²) in [5, 5.41) is 0.316. The second kappa shape index (κ2) is 8.54. The fourth-order valence-corrected chi connectivity index (χ4v) is 6.23. The maximum Gasteiger partial charge on any atom is 0.243 e. The van der Waals surface area contributed by atoms with Crippen LogP contribution in [0.3, 0.4) is 0 Å². The van der Waals surface area contributed by atoms with E-state index in [2.05, 4.69) is 19.1 Å². The third-order valence-corrected chi connectivity index (χ3v) is 8.03. The number of nitrogens with zero attached hydrogens (tertiary/aromatic N) is 1. The van der Waals surface area contributed by atoms with Crippen molar-refractivity contribution in [3.8, 4) is 11.5 Å². The van der Waals surface area contributed by atoms with Crippen molar-refractivity contribution < 1.29 is 17.9 Å². The van der Waals surface area contributed by atoms with Crippen LogP contribution < -0.4 is 9.47 Å². The van der Waals surface area contributed by atoms with Gasteiger partial charge in [-0.1, -0.05) is 24.3 Å². The molecule has 1 aliphatic rings. The number of hydrogen-bond donors (Lipinski definition) is 0. The van der Waals surface area contributed by atoms with Gasteiger partial charge in [-0.3, -0.25) is 0 Å². The molecule has 27 heavy (non-hydrogen) atoms. The molecule has 0 aliphatic carbocycles. The third-order valence-electron chi connectivity index (χ3n) is 4.83. The van der Waals surface area contributed by atoms with Crippen molar-refractivity contribution in [3.05, 3.63) is 53.6 Å². The first-order chi connectivity index (χ1) is 13.0. The summed E-state index contributed by atoms with van der Waals surface area (Å²) in [6.07, 6.45) is 0.794. The zero-order chi connectivity index (χ0) is 19.4. The quantitative estimate of drug-likeness (QED) is 0.753. The van der Waals surface area contributed by atoms with E-state index in [1.54, 1.807) is 16.4 Å². The predicted molar refractivity (Wildman–Crippen MR) is 109 cm³/mol. The molecule has 1 heterocycles. The van der Waals surface area contributed by atoms with Gasteiger partial charge in [0.05, 0.1) is 19.1 Å². The molecule has 2 aromatic carbocycles. The van der Waals surface area contributed by atoms with Crippen LogP contribution in [0.15, 0.2) is 47.4 Å². The molecule has 1 fully saturated rings. The monoisotopic (exact) mass is 407 g/mol. The van der Waals surface area contributed by atoms with E-state index in [4.69, 9.17) is 9.47 Å². The Bertz CT molecular complexity index is 899. The van der Waals surface area contributed by atoms with Gasteiger partial charge in [0.25, 0.3) is 0 Å². The molecule has 0 spiro atoms. The molecule has 0 saturated carbocycles. The van der Waals surface area contributed by atoms with Gasteiger partial charge in [-0.15, -0.1) is 0 Å². The highest BCUT2D eigenvalue weighted by molar-refractivity contribution is 7.99. The number of rotatable bonds is 5. The Balaban J connectivity index is 1.81. The van der Waals surface area contributed by atoms with Crippen molar-refractivity contribution in [2.24, 2.45) is 0 Å². The van der Waals surface area contributed by atoms with Crippen LogP contribution >= 0.6 is 11.8 Å². The molecule has 0 N–H and O–H groups in total. The van der Waals surface area contributed by atoms with Gasteiger partial charge in [0, 0.05) is 30.2 Å². The van der Waals surface area contributed by atoms with Gasteiger partial charge < -0.3 is 9.47 Å². The number of sulfonamides is 1. The fraction of sp³-hybridized carbons (Fsp3) is 0.400. The maximum absolute atomic E-state index is 13.1. The predicted octanol–water partition coefficient (Wildman–Crippen LogP) is 3.88. The van der Waals surface area contributed by atoms with Crippen molar-refractivity contribution >= 4 is 21.8 Å². The van der Waals surface area contributed by atoms with Crippen LogP contribution in [0.4, 0.5) is 0 Å². The number of aryl methyl sites for hydroxylation is 1. The Morgan fingerprint density at radius 1 is 1.04 bits per heavy atom. The second-order valence-corrected chi connectivity index (χ2v) is 9.67. The Kier molecular flexibility index (Phi) is 6.34. The molecule has 0 aromatic heterocycles. The van der Waals surface area contributed by atoms with Crippen LogP contribution in [0.1, 0.15) is 22.8 Å². The molecule has 1 atom stereocenters. The van der Waals surface area contributed by atoms with E-state index in [1.165, 1.54) is 31.4 Å². The highest BCUT2D eigenvalue weighted by Gasteiger charge is 2.29. The first-order valence-electron chi connectivity index (χ1n) is 8.86. The molecule has 146 valence electrons. The molecule has 5 nitrogen and oxygen atoms in total. The molecule has 0 bridgehead atoms. The Hall–Kier alpha value is -1.70. The van der Waals surface area contributed by atoms with Gasteiger partial charge in [0.1, 0.15) is 0 Å². The van der Waals surface area contributed by atoms with Gasteiger partial charge in [-0.25, -0.2) is 8.42 Å². The van der Waals surface area contributed by atoms with Crippen LogP contribution in [0, 0.1) is 6.92 Å². The van der Waals surface area contributed by atoms with E-state index >= 15 is 0 Å². The molecular weight excluding hydrogens is 382 g/mol. The van der Waals surface area contributed by atoms with E-state index < -0.39 is 10.0 Å². The summed E-state index contributed by atoms with van der Waals surface area (Å²) in [5.41, 5.74) is 2.55. The maximum atomic E-state index is 13.1. The molecule has 1 aliphatic heterocycles. The van der Waals surface area contributed by atoms with Gasteiger partial charge in [-0.2, -0.15) is 16.1 Å². The van der Waals surface area contributed by atoms with E-state index in [-0.39, 0.29) is 4.90 Å². The zero-order valence-electron chi connectivity index (χ0n) is 15.8. The summed E-state index contributed by atoms with van der Waals surface area (Å²) < 4.78 is 38.3. The van der Waals surface area contributed by atoms with Crippen molar-refractivity contribution in [2.75, 3.05) is 33.1 Å². The third kappa shape index (κ3) is 4.25. The molecule has 0 amide bonds. The van der Waals surface area contributed by atoms with Crippen LogP contribution in [-0.4, -0.2) is 45.8 Å². The summed E-state index contributed by atoms with van der Waals surface area (Å²) in [4.78, 5) is 0.236. The normalized spacial score (nSPS) is 18.7. The molecule has 7 heteroatoms. The lowest BCUT2D eigenvalue weighted by Gasteiger charge is -2.21. The molecule has 0 radical (unpaired) electrons. The summed E-state index contributed by atoms with van der Waals surface area (Å²) in [5.74, 6) is 1.70. The van der Waals surface area contributed by atoms with E-state index in [0.29, 0.717) is 29.8 Å². The minimum Gasteiger partial charge on any atom is -0.493 e. The number of thioether (sulfide) groups is 1. The van der Waals surface area contributed by atoms with Crippen LogP contribution in [0.5, 0.6) is 11.5 Å². The Labute approximate surface area is 165 Å². The standard InChI is InChI=1S/C20H25NO4S2/c1-15-6-4-5-7-17(15)20-10-11-21(12-13-26-20)27(22,23)16-8-9-18(24-2)19(14-16)25-3/h4-9,14,20H,10-13H2,1-3H3. The van der Waals surface area contributed by atoms with Gasteiger partial charge >= 0.3 is 0 Å². The summed E-state index contributed by atoms with van der Waals surface area (Å²) in [6.45, 7) is 3.12. The summed E-state index contributed by atoms with van der Waals surface area (Å²) in [6, 6.07) is 13.1. The lowest BCUT2D eigenvalue weighted by molar-refractivity contribution is 0.353. The largest absolute Gasteiger partial charge is 0.493 e. The minimum atomic E-state index is -3.57. The van der Waals surface area contributed by atoms with E-state index in [1.807, 2.05) is 23.9 Å². The lowest BCUT2D eigenvalue weighted by atomic mass is 10.0. The van der Waals surface area contributed by atoms with Crippen LogP contribution in [0.25, 0.3) is 0 Å². The Morgan fingerprint density at radius 3 is 2.48 bits per heavy atom. The first kappa shape index (κ1) is 20.0. The first-order valence-corrected chi connectivity index (χ1v) is 11.4. The number of ether oxygens (including phenoxy) is 2. The second-order valence-electron chi connectivity index (χ2n) is 6.43. The fourth-order valence-electron chi connectivity index (χ4n) is 3.31. The molecule has 3 rings (SSSR count). The molecule has 1 saturated heterocycles. The van der Waals surface area contributed by atoms with Crippen molar-refractivity contribution in [1.82, 2.24) is 4.31 Å². The number of methoxy groups -OCH3 is 2. The molecule has 2 aromatic rings. The average Bonchev–Trinajstić information content (AvgIpc) is 2.94. The summed E-state index contributed by atoms with van der Waals surface area (Å²) >= 11 is 1.83. The summed E-state index contributed by atoms with van der Waals surface area (Å²) in [7, 11) is -0.539. The molecular formula is C20H25NO4S2. The van der Waals surface area contributed by atoms with Gasteiger partial charge in [0.2, 0.25) is 10.0 Å². The SMILES string of the molecule is COc1ccc(S(=O)(=O)N2CCSC(c3ccccc3C)CC2)cc1OC. The van der Waals surface area contributed by atoms with Gasteiger partial charge in [0.15, 0.2) is 11.5 Å². The van der Waals surface area contributed by atoms with Crippen LogP contribution in [0.2, 0.25) is 0 Å². The highest BCUT2D eigenvalue weighted by atomic mass is 32.2. The van der Waals surface area contributed by atoms with Crippen LogP contribution in [-0.2, 0) is 10.0 Å². The number of hydrogen-bond acceptors (Lipinski definition) is 5.